The zero-order valence-electron chi connectivity index (χ0n) is 17.9. The molecule has 3 aromatic rings. The molecule has 0 amide bonds. The predicted octanol–water partition coefficient (Wildman–Crippen LogP) is 1.95. The molecule has 0 aliphatic carbocycles. The molecular formula is C21H23FN8O3. The number of anilines is 3. The van der Waals surface area contributed by atoms with Gasteiger partial charge in [-0.1, -0.05) is 6.07 Å². The van der Waals surface area contributed by atoms with E-state index in [4.69, 9.17) is 9.72 Å². The Labute approximate surface area is 189 Å². The third-order valence-electron chi connectivity index (χ3n) is 5.81. The smallest absolute Gasteiger partial charge is 0.414 e. The fraction of sp³-hybridized carbons (Fsp3) is 0.381. The first-order valence-electron chi connectivity index (χ1n) is 10.7. The van der Waals surface area contributed by atoms with Gasteiger partial charge >= 0.3 is 11.8 Å². The van der Waals surface area contributed by atoms with Crippen LogP contribution in [0.5, 0.6) is 6.01 Å². The number of benzene rings is 1. The van der Waals surface area contributed by atoms with Gasteiger partial charge in [-0.2, -0.15) is 4.98 Å². The monoisotopic (exact) mass is 454 g/mol. The summed E-state index contributed by atoms with van der Waals surface area (Å²) >= 11 is 0. The van der Waals surface area contributed by atoms with Crippen LogP contribution in [0.15, 0.2) is 42.7 Å². The van der Waals surface area contributed by atoms with Gasteiger partial charge in [0.15, 0.2) is 0 Å². The highest BCUT2D eigenvalue weighted by Gasteiger charge is 2.24. The van der Waals surface area contributed by atoms with Crippen LogP contribution in [-0.2, 0) is 6.54 Å². The Morgan fingerprint density at radius 2 is 1.76 bits per heavy atom. The Hall–Kier alpha value is -3.96. The van der Waals surface area contributed by atoms with Crippen LogP contribution in [0.3, 0.4) is 0 Å². The van der Waals surface area contributed by atoms with Crippen LogP contribution in [0.25, 0.3) is 0 Å². The molecule has 0 unspecified atom stereocenters. The van der Waals surface area contributed by atoms with Gasteiger partial charge in [0.25, 0.3) is 0 Å². The van der Waals surface area contributed by atoms with Crippen molar-refractivity contribution in [2.45, 2.75) is 6.54 Å². The summed E-state index contributed by atoms with van der Waals surface area (Å²) in [6, 6.07) is 8.76. The summed E-state index contributed by atoms with van der Waals surface area (Å²) in [6.45, 7) is 4.95. The molecule has 5 rings (SSSR count). The van der Waals surface area contributed by atoms with E-state index in [0.717, 1.165) is 37.7 Å². The molecule has 1 aromatic carbocycles. The van der Waals surface area contributed by atoms with Crippen molar-refractivity contribution in [3.63, 3.8) is 0 Å². The first kappa shape index (κ1) is 20.9. The SMILES string of the molecule is O=[N+]([O-])c1cn2c(n1)OCCN(c1ccnc(N3CCN(c4cccc(F)c4)CC3)n1)CC2. The van der Waals surface area contributed by atoms with Crippen LogP contribution in [-0.4, -0.2) is 70.3 Å². The van der Waals surface area contributed by atoms with Crippen molar-refractivity contribution in [3.8, 4) is 6.01 Å². The Morgan fingerprint density at radius 3 is 2.55 bits per heavy atom. The predicted molar refractivity (Wildman–Crippen MR) is 119 cm³/mol. The number of nitrogens with zero attached hydrogens (tertiary/aromatic N) is 8. The number of aromatic nitrogens is 4. The lowest BCUT2D eigenvalue weighted by molar-refractivity contribution is -0.389. The van der Waals surface area contributed by atoms with Gasteiger partial charge in [0.1, 0.15) is 24.4 Å². The van der Waals surface area contributed by atoms with Crippen molar-refractivity contribution in [1.82, 2.24) is 19.5 Å². The molecule has 11 nitrogen and oxygen atoms in total. The zero-order valence-corrected chi connectivity index (χ0v) is 17.9. The molecule has 172 valence electrons. The van der Waals surface area contributed by atoms with Crippen LogP contribution in [0.1, 0.15) is 0 Å². The standard InChI is InChI=1S/C21H23FN8O3/c22-16-2-1-3-17(14-16)26-6-9-28(10-7-26)20-23-5-4-18(24-20)27-8-11-29-15-19(30(31)32)25-21(29)33-13-12-27/h1-5,14-15H,6-13H2. The van der Waals surface area contributed by atoms with E-state index in [1.165, 1.54) is 12.3 Å². The van der Waals surface area contributed by atoms with Gasteiger partial charge in [-0.15, -0.1) is 0 Å². The maximum atomic E-state index is 13.6. The van der Waals surface area contributed by atoms with Crippen molar-refractivity contribution in [2.24, 2.45) is 0 Å². The van der Waals surface area contributed by atoms with E-state index < -0.39 is 4.92 Å². The minimum Gasteiger partial charge on any atom is -0.444 e. The minimum atomic E-state index is -0.524. The van der Waals surface area contributed by atoms with Gasteiger partial charge in [-0.3, -0.25) is 4.57 Å². The Bertz CT molecular complexity index is 1150. The minimum absolute atomic E-state index is 0.222. The van der Waals surface area contributed by atoms with Crippen LogP contribution in [0, 0.1) is 15.9 Å². The summed E-state index contributed by atoms with van der Waals surface area (Å²) in [5.74, 6) is 0.961. The normalized spacial score (nSPS) is 16.6. The fourth-order valence-electron chi connectivity index (χ4n) is 4.07. The fourth-order valence-corrected chi connectivity index (χ4v) is 4.07. The molecule has 0 bridgehead atoms. The Balaban J connectivity index is 1.25. The summed E-state index contributed by atoms with van der Waals surface area (Å²) in [5.41, 5.74) is 0.879. The first-order valence-corrected chi connectivity index (χ1v) is 10.7. The number of nitro groups is 1. The highest BCUT2D eigenvalue weighted by molar-refractivity contribution is 5.50. The van der Waals surface area contributed by atoms with E-state index in [0.29, 0.717) is 32.2 Å². The molecule has 33 heavy (non-hydrogen) atoms. The van der Waals surface area contributed by atoms with Gasteiger partial charge in [0.05, 0.1) is 6.54 Å². The number of fused-ring (bicyclic) bond motifs is 1. The zero-order chi connectivity index (χ0) is 22.8. The summed E-state index contributed by atoms with van der Waals surface area (Å²) < 4.78 is 20.8. The van der Waals surface area contributed by atoms with E-state index in [9.17, 15) is 14.5 Å². The highest BCUT2D eigenvalue weighted by atomic mass is 19.1. The van der Waals surface area contributed by atoms with Gasteiger partial charge in [0, 0.05) is 56.1 Å². The van der Waals surface area contributed by atoms with Gasteiger partial charge < -0.3 is 29.6 Å². The molecule has 0 radical (unpaired) electrons. The van der Waals surface area contributed by atoms with E-state index in [1.807, 2.05) is 12.1 Å². The number of piperazine rings is 1. The number of rotatable bonds is 4. The van der Waals surface area contributed by atoms with Crippen molar-refractivity contribution >= 4 is 23.3 Å². The molecular weight excluding hydrogens is 431 g/mol. The maximum Gasteiger partial charge on any atom is 0.414 e. The molecule has 0 spiro atoms. The van der Waals surface area contributed by atoms with Crippen molar-refractivity contribution in [2.75, 3.05) is 60.6 Å². The number of ether oxygens (including phenoxy) is 1. The molecule has 0 atom stereocenters. The quantitative estimate of drug-likeness (QED) is 0.432. The molecule has 1 saturated heterocycles. The second-order valence-corrected chi connectivity index (χ2v) is 7.84. The molecule has 12 heteroatoms. The maximum absolute atomic E-state index is 13.6. The molecule has 2 aromatic heterocycles. The number of imidazole rings is 1. The van der Waals surface area contributed by atoms with E-state index in [2.05, 4.69) is 24.7 Å². The van der Waals surface area contributed by atoms with Crippen LogP contribution in [0.2, 0.25) is 0 Å². The summed E-state index contributed by atoms with van der Waals surface area (Å²) in [5, 5.41) is 11.0. The third kappa shape index (κ3) is 4.49. The molecule has 2 aliphatic rings. The summed E-state index contributed by atoms with van der Waals surface area (Å²) in [7, 11) is 0. The number of hydrogen-bond acceptors (Lipinski definition) is 9. The summed E-state index contributed by atoms with van der Waals surface area (Å²) in [6.07, 6.45) is 3.13. The third-order valence-corrected chi connectivity index (χ3v) is 5.81. The molecule has 4 heterocycles. The van der Waals surface area contributed by atoms with E-state index in [1.54, 1.807) is 22.9 Å². The largest absolute Gasteiger partial charge is 0.444 e. The Morgan fingerprint density at radius 1 is 0.970 bits per heavy atom. The van der Waals surface area contributed by atoms with E-state index in [-0.39, 0.29) is 17.6 Å². The number of hydrogen-bond donors (Lipinski definition) is 0. The molecule has 1 fully saturated rings. The lowest BCUT2D eigenvalue weighted by Crippen LogP contribution is -2.47. The van der Waals surface area contributed by atoms with E-state index >= 15 is 0 Å². The Kier molecular flexibility index (Phi) is 5.63. The summed E-state index contributed by atoms with van der Waals surface area (Å²) in [4.78, 5) is 30.0. The average molecular weight is 454 g/mol. The molecule has 0 N–H and O–H groups in total. The molecule has 0 saturated carbocycles. The van der Waals surface area contributed by atoms with Crippen LogP contribution in [0.4, 0.5) is 27.7 Å². The van der Waals surface area contributed by atoms with Crippen molar-refractivity contribution in [3.05, 3.63) is 58.7 Å². The van der Waals surface area contributed by atoms with Crippen molar-refractivity contribution < 1.29 is 14.1 Å². The van der Waals surface area contributed by atoms with Crippen LogP contribution >= 0.6 is 0 Å². The molecule has 2 aliphatic heterocycles. The topological polar surface area (TPSA) is 106 Å². The van der Waals surface area contributed by atoms with Gasteiger partial charge in [-0.25, -0.2) is 9.37 Å². The lowest BCUT2D eigenvalue weighted by Gasteiger charge is -2.36. The average Bonchev–Trinajstić information content (AvgIpc) is 3.22. The van der Waals surface area contributed by atoms with Crippen molar-refractivity contribution in [1.29, 1.82) is 0 Å². The highest BCUT2D eigenvalue weighted by Crippen LogP contribution is 2.23. The second-order valence-electron chi connectivity index (χ2n) is 7.84. The number of halogens is 1. The van der Waals surface area contributed by atoms with Gasteiger partial charge in [-0.05, 0) is 29.2 Å². The second kappa shape index (κ2) is 8.88. The van der Waals surface area contributed by atoms with Crippen LogP contribution < -0.4 is 19.4 Å². The lowest BCUT2D eigenvalue weighted by atomic mass is 10.2. The first-order chi connectivity index (χ1) is 16.1. The van der Waals surface area contributed by atoms with Gasteiger partial charge in [0.2, 0.25) is 5.95 Å².